The van der Waals surface area contributed by atoms with Crippen LogP contribution in [0.15, 0.2) is 0 Å². The van der Waals surface area contributed by atoms with Crippen LogP contribution in [0.25, 0.3) is 0 Å². The second-order valence-corrected chi connectivity index (χ2v) is 4.44. The highest BCUT2D eigenvalue weighted by Crippen LogP contribution is 2.16. The van der Waals surface area contributed by atoms with Crippen LogP contribution < -0.4 is 0 Å². The van der Waals surface area contributed by atoms with E-state index in [0.29, 0.717) is 13.0 Å². The van der Waals surface area contributed by atoms with Gasteiger partial charge in [0.25, 0.3) is 0 Å². The Kier molecular flexibility index (Phi) is 7.60. The van der Waals surface area contributed by atoms with Crippen LogP contribution in [0.2, 0.25) is 0 Å². The molecule has 4 nitrogen and oxygen atoms in total. The van der Waals surface area contributed by atoms with Crippen molar-refractivity contribution in [1.29, 1.82) is 0 Å². The van der Waals surface area contributed by atoms with Crippen LogP contribution in [-0.2, 0) is 14.3 Å². The number of carboxylic acids is 1. The molecule has 1 unspecified atom stereocenters. The lowest BCUT2D eigenvalue weighted by molar-refractivity contribution is -0.152. The molecule has 0 aliphatic heterocycles. The third kappa shape index (κ3) is 7.26. The maximum Gasteiger partial charge on any atom is 0.307 e. The first-order valence-corrected chi connectivity index (χ1v) is 5.85. The smallest absolute Gasteiger partial charge is 0.307 e. The molecule has 0 aromatic heterocycles. The molecule has 0 saturated carbocycles. The fourth-order valence-electron chi connectivity index (χ4n) is 1.43. The second-order valence-electron chi connectivity index (χ2n) is 4.44. The van der Waals surface area contributed by atoms with Gasteiger partial charge in [0, 0.05) is 0 Å². The minimum Gasteiger partial charge on any atom is -0.481 e. The lowest BCUT2D eigenvalue weighted by Crippen LogP contribution is -2.21. The fourth-order valence-corrected chi connectivity index (χ4v) is 1.43. The van der Waals surface area contributed by atoms with E-state index in [4.69, 9.17) is 9.84 Å². The van der Waals surface area contributed by atoms with Crippen molar-refractivity contribution in [1.82, 2.24) is 0 Å². The number of carbonyl (C=O) groups is 2. The van der Waals surface area contributed by atoms with Crippen LogP contribution >= 0.6 is 0 Å². The topological polar surface area (TPSA) is 63.6 Å². The molecule has 0 aromatic rings. The molecule has 0 heterocycles. The number of unbranched alkanes of at least 4 members (excludes halogenated alkanes) is 1. The van der Waals surface area contributed by atoms with E-state index in [0.717, 1.165) is 12.8 Å². The van der Waals surface area contributed by atoms with E-state index in [9.17, 15) is 9.59 Å². The van der Waals surface area contributed by atoms with Gasteiger partial charge in [-0.2, -0.15) is 0 Å². The van der Waals surface area contributed by atoms with Gasteiger partial charge in [-0.3, -0.25) is 9.59 Å². The van der Waals surface area contributed by atoms with Crippen LogP contribution in [0, 0.1) is 11.8 Å². The Morgan fingerprint density at radius 2 is 1.94 bits per heavy atom. The summed E-state index contributed by atoms with van der Waals surface area (Å²) in [5.74, 6) is -1.67. The number of rotatable bonds is 8. The Bertz CT molecular complexity index is 223. The number of carbonyl (C=O) groups excluding carboxylic acids is 1. The Morgan fingerprint density at radius 3 is 2.38 bits per heavy atom. The van der Waals surface area contributed by atoms with Gasteiger partial charge in [-0.15, -0.1) is 0 Å². The van der Waals surface area contributed by atoms with Crippen LogP contribution in [0.4, 0.5) is 0 Å². The van der Waals surface area contributed by atoms with E-state index in [2.05, 4.69) is 0 Å². The minimum atomic E-state index is -0.916. The van der Waals surface area contributed by atoms with E-state index < -0.39 is 17.9 Å². The highest BCUT2D eigenvalue weighted by Gasteiger charge is 2.22. The SMILES string of the molecule is CCCCOC(=O)CC(CC(C)C)C(=O)O. The first kappa shape index (κ1) is 14.9. The summed E-state index contributed by atoms with van der Waals surface area (Å²) in [6.45, 7) is 6.28. The van der Waals surface area contributed by atoms with Gasteiger partial charge >= 0.3 is 11.9 Å². The van der Waals surface area contributed by atoms with E-state index in [1.54, 1.807) is 0 Å². The number of hydrogen-bond donors (Lipinski definition) is 1. The molecule has 0 aromatic carbocycles. The fraction of sp³-hybridized carbons (Fsp3) is 0.833. The standard InChI is InChI=1S/C12H22O4/c1-4-5-6-16-11(13)8-10(12(14)15)7-9(2)3/h9-10H,4-8H2,1-3H3,(H,14,15). The molecule has 0 rings (SSSR count). The van der Waals surface area contributed by atoms with Crippen molar-refractivity contribution in [3.05, 3.63) is 0 Å². The first-order valence-electron chi connectivity index (χ1n) is 5.85. The Hall–Kier alpha value is -1.06. The zero-order valence-corrected chi connectivity index (χ0v) is 10.4. The molecule has 0 amide bonds. The predicted octanol–water partition coefficient (Wildman–Crippen LogP) is 2.47. The Morgan fingerprint density at radius 1 is 1.31 bits per heavy atom. The monoisotopic (exact) mass is 230 g/mol. The van der Waals surface area contributed by atoms with Crippen LogP contribution in [-0.4, -0.2) is 23.7 Å². The van der Waals surface area contributed by atoms with Crippen LogP contribution in [0.1, 0.15) is 46.5 Å². The molecule has 0 aliphatic carbocycles. The van der Waals surface area contributed by atoms with Crippen molar-refractivity contribution in [2.45, 2.75) is 46.5 Å². The average molecular weight is 230 g/mol. The van der Waals surface area contributed by atoms with Crippen molar-refractivity contribution in [2.24, 2.45) is 11.8 Å². The van der Waals surface area contributed by atoms with Gasteiger partial charge in [0.1, 0.15) is 0 Å². The Balaban J connectivity index is 3.98. The lowest BCUT2D eigenvalue weighted by atomic mass is 9.94. The van der Waals surface area contributed by atoms with Gasteiger partial charge in [0.05, 0.1) is 18.9 Å². The number of ether oxygens (including phenoxy) is 1. The molecule has 94 valence electrons. The zero-order valence-electron chi connectivity index (χ0n) is 10.4. The summed E-state index contributed by atoms with van der Waals surface area (Å²) in [7, 11) is 0. The summed E-state index contributed by atoms with van der Waals surface area (Å²) < 4.78 is 4.94. The number of carboxylic acid groups (broad SMARTS) is 1. The summed E-state index contributed by atoms with van der Waals surface area (Å²) in [4.78, 5) is 22.2. The summed E-state index contributed by atoms with van der Waals surface area (Å²) in [6.07, 6.45) is 2.28. The van der Waals surface area contributed by atoms with Crippen LogP contribution in [0.3, 0.4) is 0 Å². The maximum absolute atomic E-state index is 11.3. The normalized spacial score (nSPS) is 12.5. The van der Waals surface area contributed by atoms with E-state index in [-0.39, 0.29) is 12.3 Å². The molecule has 1 atom stereocenters. The quantitative estimate of drug-likeness (QED) is 0.514. The van der Waals surface area contributed by atoms with Crippen molar-refractivity contribution in [2.75, 3.05) is 6.61 Å². The first-order chi connectivity index (χ1) is 7.47. The van der Waals surface area contributed by atoms with E-state index in [1.165, 1.54) is 0 Å². The summed E-state index contributed by atoms with van der Waals surface area (Å²) in [6, 6.07) is 0. The predicted molar refractivity (Wildman–Crippen MR) is 61.1 cm³/mol. The van der Waals surface area contributed by atoms with Gasteiger partial charge in [-0.1, -0.05) is 27.2 Å². The second kappa shape index (κ2) is 8.13. The molecule has 1 N–H and O–H groups in total. The van der Waals surface area contributed by atoms with Gasteiger partial charge in [-0.25, -0.2) is 0 Å². The lowest BCUT2D eigenvalue weighted by Gasteiger charge is -2.13. The summed E-state index contributed by atoms with van der Waals surface area (Å²) in [5.41, 5.74) is 0. The minimum absolute atomic E-state index is 0.0166. The molecule has 0 spiro atoms. The van der Waals surface area contributed by atoms with Gasteiger partial charge in [0.2, 0.25) is 0 Å². The van der Waals surface area contributed by atoms with Gasteiger partial charge in [-0.05, 0) is 18.8 Å². The number of esters is 1. The average Bonchev–Trinajstić information content (AvgIpc) is 2.16. The molecule has 0 aliphatic rings. The molecule has 0 saturated heterocycles. The molecule has 0 radical (unpaired) electrons. The number of aliphatic carboxylic acids is 1. The van der Waals surface area contributed by atoms with E-state index in [1.807, 2.05) is 20.8 Å². The van der Waals surface area contributed by atoms with Crippen molar-refractivity contribution >= 4 is 11.9 Å². The summed E-state index contributed by atoms with van der Waals surface area (Å²) >= 11 is 0. The maximum atomic E-state index is 11.3. The molecule has 0 bridgehead atoms. The third-order valence-electron chi connectivity index (χ3n) is 2.28. The van der Waals surface area contributed by atoms with E-state index >= 15 is 0 Å². The molecule has 16 heavy (non-hydrogen) atoms. The highest BCUT2D eigenvalue weighted by atomic mass is 16.5. The highest BCUT2D eigenvalue weighted by molar-refractivity contribution is 5.78. The molecule has 0 fully saturated rings. The van der Waals surface area contributed by atoms with Gasteiger partial charge < -0.3 is 9.84 Å². The summed E-state index contributed by atoms with van der Waals surface area (Å²) in [5, 5.41) is 8.93. The Labute approximate surface area is 97.0 Å². The van der Waals surface area contributed by atoms with Crippen LogP contribution in [0.5, 0.6) is 0 Å². The van der Waals surface area contributed by atoms with Crippen molar-refractivity contribution < 1.29 is 19.4 Å². The van der Waals surface area contributed by atoms with Crippen molar-refractivity contribution in [3.63, 3.8) is 0 Å². The van der Waals surface area contributed by atoms with Crippen molar-refractivity contribution in [3.8, 4) is 0 Å². The zero-order chi connectivity index (χ0) is 12.6. The molecule has 4 heteroatoms. The molecular weight excluding hydrogens is 208 g/mol. The number of hydrogen-bond acceptors (Lipinski definition) is 3. The molecular formula is C12H22O4. The van der Waals surface area contributed by atoms with Gasteiger partial charge in [0.15, 0.2) is 0 Å². The largest absolute Gasteiger partial charge is 0.481 e. The third-order valence-corrected chi connectivity index (χ3v) is 2.28.